The maximum atomic E-state index is 14.8. The van der Waals surface area contributed by atoms with Crippen LogP contribution in [0.1, 0.15) is 145 Å². The molecule has 6 aromatic rings. The van der Waals surface area contributed by atoms with Crippen LogP contribution in [0, 0.1) is 12.3 Å². The second kappa shape index (κ2) is 20.4. The van der Waals surface area contributed by atoms with Gasteiger partial charge in [-0.15, -0.1) is 11.3 Å². The molecule has 1 aliphatic heterocycles. The van der Waals surface area contributed by atoms with Gasteiger partial charge in [0, 0.05) is 29.5 Å². The summed E-state index contributed by atoms with van der Waals surface area (Å²) in [5.41, 5.74) is 6.33. The first-order valence-electron chi connectivity index (χ1n) is 26.1. The lowest BCUT2D eigenvalue weighted by molar-refractivity contribution is -0.145. The van der Waals surface area contributed by atoms with Crippen molar-refractivity contribution in [1.82, 2.24) is 39.4 Å². The number of aromatic nitrogens is 4. The number of aryl methyl sites for hydroxylation is 1. The summed E-state index contributed by atoms with van der Waals surface area (Å²) in [6.45, 7) is 8.26. The number of benzene rings is 3. The second-order valence-electron chi connectivity index (χ2n) is 22.3. The third kappa shape index (κ3) is 10.0. The number of β-amino-alcohol motifs (C(OH)–C–C–N with tert-alkyl or cyclic N) is 1. The van der Waals surface area contributed by atoms with E-state index < -0.39 is 41.1 Å². The molecule has 4 atom stereocenters. The fraction of sp³-hybridized carbons (Fsp3) is 0.536. The van der Waals surface area contributed by atoms with Crippen LogP contribution >= 0.6 is 27.3 Å². The first-order valence-corrected chi connectivity index (χ1v) is 27.8. The number of amides is 3. The van der Waals surface area contributed by atoms with E-state index in [1.165, 1.54) is 23.3 Å². The highest BCUT2D eigenvalue weighted by atomic mass is 79.9. The molecule has 4 heterocycles. The minimum absolute atomic E-state index is 0.0553. The Morgan fingerprint density at radius 1 is 0.958 bits per heavy atom. The van der Waals surface area contributed by atoms with Gasteiger partial charge in [0.25, 0.3) is 11.5 Å². The Balaban J connectivity index is 0.801. The number of hydrogen-bond donors (Lipinski definition) is 3. The summed E-state index contributed by atoms with van der Waals surface area (Å²) in [6.07, 6.45) is 10.7. The predicted octanol–water partition coefficient (Wildman–Crippen LogP) is 10.1. The van der Waals surface area contributed by atoms with Crippen LogP contribution in [0.3, 0.4) is 0 Å². The summed E-state index contributed by atoms with van der Waals surface area (Å²) in [5.74, 6) is -0.494. The van der Waals surface area contributed by atoms with Crippen LogP contribution in [0.15, 0.2) is 75.4 Å². The van der Waals surface area contributed by atoms with E-state index in [4.69, 9.17) is 4.98 Å². The average Bonchev–Trinajstić information content (AvgIpc) is 3.81. The van der Waals surface area contributed by atoms with Crippen LogP contribution in [0.2, 0.25) is 0 Å². The molecule has 16 heteroatoms. The van der Waals surface area contributed by atoms with Gasteiger partial charge in [-0.05, 0) is 159 Å². The van der Waals surface area contributed by atoms with Gasteiger partial charge in [-0.1, -0.05) is 70.0 Å². The Morgan fingerprint density at radius 3 is 2.38 bits per heavy atom. The van der Waals surface area contributed by atoms with Gasteiger partial charge in [-0.3, -0.25) is 23.6 Å². The number of carbonyl (C=O) groups excluding carboxylic acids is 3. The molecule has 3 saturated carbocycles. The van der Waals surface area contributed by atoms with Crippen LogP contribution in [0.4, 0.5) is 4.39 Å². The molecular weight excluding hydrogens is 996 g/mol. The Kier molecular flexibility index (Phi) is 14.3. The van der Waals surface area contributed by atoms with Gasteiger partial charge in [0.15, 0.2) is 5.67 Å². The summed E-state index contributed by atoms with van der Waals surface area (Å²) in [5, 5.41) is 17.4. The van der Waals surface area contributed by atoms with Gasteiger partial charge in [-0.2, -0.15) is 4.98 Å². The van der Waals surface area contributed by atoms with Gasteiger partial charge in [-0.25, -0.2) is 9.37 Å². The lowest BCUT2D eigenvalue weighted by Gasteiger charge is -2.36. The zero-order valence-corrected chi connectivity index (χ0v) is 44.5. The topological polar surface area (TPSA) is 154 Å². The molecule has 3 aromatic heterocycles. The Bertz CT molecular complexity index is 3060. The van der Waals surface area contributed by atoms with Crippen molar-refractivity contribution < 1.29 is 23.9 Å². The molecule has 0 unspecified atom stereocenters. The number of carbonyl (C=O) groups is 3. The van der Waals surface area contributed by atoms with Gasteiger partial charge >= 0.3 is 0 Å². The molecule has 0 spiro atoms. The van der Waals surface area contributed by atoms with Crippen LogP contribution in [-0.4, -0.2) is 102 Å². The average molecular weight is 1060 g/mol. The normalized spacial score (nSPS) is 22.3. The van der Waals surface area contributed by atoms with Crippen molar-refractivity contribution in [1.29, 1.82) is 0 Å². The number of rotatable bonds is 15. The van der Waals surface area contributed by atoms with Crippen LogP contribution in [0.5, 0.6) is 0 Å². The fourth-order valence-corrected chi connectivity index (χ4v) is 13.3. The summed E-state index contributed by atoms with van der Waals surface area (Å²) in [7, 11) is 2.23. The number of aliphatic hydroxyl groups excluding tert-OH is 1. The Labute approximate surface area is 433 Å². The van der Waals surface area contributed by atoms with E-state index in [1.54, 1.807) is 32.1 Å². The lowest BCUT2D eigenvalue weighted by atomic mass is 9.81. The van der Waals surface area contributed by atoms with Gasteiger partial charge in [0.05, 0.1) is 50.2 Å². The van der Waals surface area contributed by atoms with Crippen LogP contribution in [0.25, 0.3) is 38.2 Å². The summed E-state index contributed by atoms with van der Waals surface area (Å²) >= 11 is 5.21. The minimum atomic E-state index is -1.96. The number of aliphatic hydroxyl groups is 1. The van der Waals surface area contributed by atoms with Crippen molar-refractivity contribution in [3.8, 4) is 10.4 Å². The zero-order valence-electron chi connectivity index (χ0n) is 42.1. The molecular formula is C56H68BrFN8O5S. The Morgan fingerprint density at radius 2 is 1.69 bits per heavy atom. The van der Waals surface area contributed by atoms with E-state index in [-0.39, 0.29) is 43.3 Å². The molecule has 4 aliphatic rings. The number of halogens is 2. The quantitative estimate of drug-likeness (QED) is 0.0860. The minimum Gasteiger partial charge on any atom is -0.391 e. The molecule has 4 fully saturated rings. The maximum absolute atomic E-state index is 14.8. The number of unbranched alkanes of at least 4 members (excludes halogenated alkanes) is 1. The number of alkyl halides is 1. The Hall–Kier alpha value is -5.03. The highest BCUT2D eigenvalue weighted by Gasteiger charge is 2.53. The van der Waals surface area contributed by atoms with E-state index in [0.29, 0.717) is 29.8 Å². The summed E-state index contributed by atoms with van der Waals surface area (Å²) < 4.78 is 20.1. The first-order chi connectivity index (χ1) is 34.5. The highest BCUT2D eigenvalue weighted by molar-refractivity contribution is 9.10. The molecule has 13 nitrogen and oxygen atoms in total. The predicted molar refractivity (Wildman–Crippen MR) is 285 cm³/mol. The highest BCUT2D eigenvalue weighted by Crippen LogP contribution is 2.42. The molecule has 0 radical (unpaired) electrons. The van der Waals surface area contributed by atoms with E-state index in [0.717, 1.165) is 106 Å². The van der Waals surface area contributed by atoms with Crippen molar-refractivity contribution in [2.75, 3.05) is 20.1 Å². The SMILES string of the molecule is Cc1ncsc1-c1ccc([C@H](CCCCN(C)C2CCC(c3ccc4c(c3)n(C3CCCC3)c3nc(=O)c5c(Br)cccc5n43)CC2)NC(=O)[C@@H]2C[C@@H](O)CN2C(=O)[C@@H](NC(=O)C2(F)CC2)C(C)(C)C)cc1. The third-order valence-electron chi connectivity index (χ3n) is 16.3. The molecule has 3 amide bonds. The van der Waals surface area contributed by atoms with Crippen LogP contribution in [-0.2, 0) is 14.4 Å². The summed E-state index contributed by atoms with van der Waals surface area (Å²) in [4.78, 5) is 69.1. The van der Waals surface area contributed by atoms with Crippen molar-refractivity contribution in [3.63, 3.8) is 0 Å². The van der Waals surface area contributed by atoms with Crippen molar-refractivity contribution in [2.24, 2.45) is 5.41 Å². The standard InChI is InChI=1S/C56H68BrFN8O5S/c1-33-48(72-32-59-33)36-18-16-35(17-19-36)42(60-50(68)46-30-40(67)31-64(46)52(70)49(55(2,3)4)61-53(71)56(58)26-27-56)14-8-9-28-63(5)38-23-20-34(21-24-38)37-22-25-43-45(29-37)65(39-11-6-7-12-39)54-62-51(69)47-41(57)13-10-15-44(47)66(43)54/h10,13,15-19,22,25,29,32,34,38-40,42,46,49,67H,6-9,11-12,14,20-21,23-24,26-28,30-31H2,1-5H3,(H,60,68)(H,61,71)/t34?,38?,40-,42+,46+,49-/m1/s1. The summed E-state index contributed by atoms with van der Waals surface area (Å²) in [6, 6.07) is 19.5. The molecule has 3 N–H and O–H groups in total. The van der Waals surface area contributed by atoms with E-state index in [1.807, 2.05) is 30.6 Å². The number of likely N-dealkylation sites (tertiary alicyclic amines) is 1. The molecule has 3 aromatic carbocycles. The van der Waals surface area contributed by atoms with Gasteiger partial charge < -0.3 is 30.1 Å². The lowest BCUT2D eigenvalue weighted by Crippen LogP contribution is -2.59. The van der Waals surface area contributed by atoms with Crippen LogP contribution < -0.4 is 16.2 Å². The molecule has 72 heavy (non-hydrogen) atoms. The zero-order chi connectivity index (χ0) is 50.6. The van der Waals surface area contributed by atoms with Crippen molar-refractivity contribution in [2.45, 2.75) is 165 Å². The maximum Gasteiger partial charge on any atom is 0.283 e. The molecule has 382 valence electrons. The number of hydrogen-bond acceptors (Lipinski definition) is 9. The molecule has 10 rings (SSSR count). The largest absolute Gasteiger partial charge is 0.391 e. The number of imidazole rings is 1. The van der Waals surface area contributed by atoms with E-state index in [9.17, 15) is 28.7 Å². The first kappa shape index (κ1) is 50.5. The number of thiazole rings is 1. The van der Waals surface area contributed by atoms with Crippen molar-refractivity contribution >= 4 is 72.7 Å². The van der Waals surface area contributed by atoms with Gasteiger partial charge in [0.1, 0.15) is 12.1 Å². The number of nitrogens with zero attached hydrogens (tertiary/aromatic N) is 6. The number of nitrogens with one attached hydrogen (secondary N) is 2. The second-order valence-corrected chi connectivity index (χ2v) is 24.0. The molecule has 3 aliphatic carbocycles. The van der Waals surface area contributed by atoms with E-state index in [2.05, 4.69) is 94.9 Å². The monoisotopic (exact) mass is 1060 g/mol. The smallest absolute Gasteiger partial charge is 0.283 e. The van der Waals surface area contributed by atoms with Crippen molar-refractivity contribution in [3.05, 3.63) is 97.8 Å². The molecule has 0 bridgehead atoms. The van der Waals surface area contributed by atoms with E-state index >= 15 is 0 Å². The number of fused-ring (bicyclic) bond motifs is 5. The van der Waals surface area contributed by atoms with Gasteiger partial charge in [0.2, 0.25) is 17.6 Å². The third-order valence-corrected chi connectivity index (χ3v) is 17.9. The fourth-order valence-electron chi connectivity index (χ4n) is 11.9. The molecule has 1 saturated heterocycles.